The fraction of sp³-hybridized carbons (Fsp3) is 0.158. The normalized spacial score (nSPS) is 17.8. The number of hydrogen-bond acceptors (Lipinski definition) is 0. The lowest BCUT2D eigenvalue weighted by Gasteiger charge is -2.10. The lowest BCUT2D eigenvalue weighted by atomic mass is 9.94. The van der Waals surface area contributed by atoms with Crippen LogP contribution in [-0.4, -0.2) is 0 Å². The predicted molar refractivity (Wildman–Crippen MR) is 83.4 cm³/mol. The van der Waals surface area contributed by atoms with Gasteiger partial charge in [-0.3, -0.25) is 0 Å². The summed E-state index contributed by atoms with van der Waals surface area (Å²) >= 11 is 0. The molecule has 0 aromatic heterocycles. The van der Waals surface area contributed by atoms with Crippen molar-refractivity contribution in [1.82, 2.24) is 0 Å². The van der Waals surface area contributed by atoms with Gasteiger partial charge in [-0.2, -0.15) is 0 Å². The molecular weight excluding hydrogens is 228 g/mol. The quantitative estimate of drug-likeness (QED) is 0.530. The Labute approximate surface area is 112 Å². The molecule has 0 unspecified atom stereocenters. The highest BCUT2D eigenvalue weighted by Gasteiger charge is 2.05. The Balaban J connectivity index is 2.20. The molecule has 0 fully saturated rings. The van der Waals surface area contributed by atoms with Gasteiger partial charge < -0.3 is 0 Å². The molecule has 0 heteroatoms. The molecule has 0 spiro atoms. The van der Waals surface area contributed by atoms with Crippen molar-refractivity contribution in [3.63, 3.8) is 0 Å². The fourth-order valence-corrected chi connectivity index (χ4v) is 3.11. The lowest BCUT2D eigenvalue weighted by molar-refractivity contribution is 0.801. The molecule has 92 valence electrons. The first-order valence-electron chi connectivity index (χ1n) is 6.95. The molecule has 1 aliphatic rings. The van der Waals surface area contributed by atoms with E-state index in [-0.39, 0.29) is 0 Å². The van der Waals surface area contributed by atoms with Crippen LogP contribution in [0, 0.1) is 5.92 Å². The molecule has 0 N–H and O–H groups in total. The Morgan fingerprint density at radius 2 is 1.68 bits per heavy atom. The Hall–Kier alpha value is -2.08. The zero-order valence-electron chi connectivity index (χ0n) is 11.1. The van der Waals surface area contributed by atoms with Crippen LogP contribution in [0.5, 0.6) is 0 Å². The number of fused-ring (bicyclic) bond motifs is 4. The summed E-state index contributed by atoms with van der Waals surface area (Å²) in [6.45, 7) is 2.28. The van der Waals surface area contributed by atoms with Gasteiger partial charge in [0.25, 0.3) is 0 Å². The van der Waals surface area contributed by atoms with E-state index in [0.29, 0.717) is 5.92 Å². The summed E-state index contributed by atoms with van der Waals surface area (Å²) in [6, 6.07) is 17.8. The first kappa shape index (κ1) is 10.8. The molecule has 0 nitrogen and oxygen atoms in total. The molecule has 4 rings (SSSR count). The minimum absolute atomic E-state index is 0.658. The van der Waals surface area contributed by atoms with Crippen molar-refractivity contribution in [1.29, 1.82) is 0 Å². The topological polar surface area (TPSA) is 0 Å². The van der Waals surface area contributed by atoms with Crippen molar-refractivity contribution in [2.45, 2.75) is 13.3 Å². The van der Waals surface area contributed by atoms with Gasteiger partial charge >= 0.3 is 0 Å². The van der Waals surface area contributed by atoms with E-state index in [1.807, 2.05) is 0 Å². The summed E-state index contributed by atoms with van der Waals surface area (Å²) in [6.07, 6.45) is 5.94. The van der Waals surface area contributed by atoms with Crippen LogP contribution in [0.3, 0.4) is 0 Å². The summed E-state index contributed by atoms with van der Waals surface area (Å²) in [4.78, 5) is 0. The van der Waals surface area contributed by atoms with Crippen LogP contribution in [0.25, 0.3) is 33.7 Å². The van der Waals surface area contributed by atoms with Gasteiger partial charge in [0, 0.05) is 0 Å². The smallest absolute Gasteiger partial charge is 0.0102 e. The number of benzene rings is 3. The van der Waals surface area contributed by atoms with Gasteiger partial charge in [-0.25, -0.2) is 0 Å². The van der Waals surface area contributed by atoms with E-state index >= 15 is 0 Å². The minimum Gasteiger partial charge on any atom is -0.0755 e. The van der Waals surface area contributed by atoms with Gasteiger partial charge in [-0.15, -0.1) is 0 Å². The van der Waals surface area contributed by atoms with Gasteiger partial charge in [-0.1, -0.05) is 55.5 Å². The third-order valence-electron chi connectivity index (χ3n) is 4.12. The number of hydrogen-bond donors (Lipinski definition) is 0. The Kier molecular flexibility index (Phi) is 2.25. The molecule has 0 aliphatic heterocycles. The van der Waals surface area contributed by atoms with E-state index in [9.17, 15) is 0 Å². The van der Waals surface area contributed by atoms with E-state index in [4.69, 9.17) is 0 Å². The highest BCUT2D eigenvalue weighted by molar-refractivity contribution is 5.98. The average Bonchev–Trinajstić information content (AvgIpc) is 2.44. The maximum atomic E-state index is 2.40. The van der Waals surface area contributed by atoms with Crippen molar-refractivity contribution in [2.24, 2.45) is 5.92 Å². The Morgan fingerprint density at radius 3 is 2.53 bits per heavy atom. The summed E-state index contributed by atoms with van der Waals surface area (Å²) in [5, 5.41) is 8.19. The zero-order chi connectivity index (χ0) is 12.8. The van der Waals surface area contributed by atoms with Crippen molar-refractivity contribution >= 4 is 33.7 Å². The molecule has 1 atom stereocenters. The fourth-order valence-electron chi connectivity index (χ4n) is 3.11. The molecule has 3 aromatic carbocycles. The third kappa shape index (κ3) is 1.67. The van der Waals surface area contributed by atoms with Crippen LogP contribution in [0.1, 0.15) is 13.3 Å². The monoisotopic (exact) mass is 244 g/mol. The minimum atomic E-state index is 0.658. The highest BCUT2D eigenvalue weighted by Crippen LogP contribution is 2.20. The van der Waals surface area contributed by atoms with E-state index < -0.39 is 0 Å². The van der Waals surface area contributed by atoms with E-state index in [1.165, 1.54) is 32.0 Å². The highest BCUT2D eigenvalue weighted by atomic mass is 14.1. The second-order valence-corrected chi connectivity index (χ2v) is 5.57. The van der Waals surface area contributed by atoms with Gasteiger partial charge in [0.1, 0.15) is 0 Å². The molecule has 3 aromatic rings. The molecule has 0 heterocycles. The van der Waals surface area contributed by atoms with E-state index in [0.717, 1.165) is 6.42 Å². The zero-order valence-corrected chi connectivity index (χ0v) is 11.1. The number of rotatable bonds is 0. The van der Waals surface area contributed by atoms with Crippen molar-refractivity contribution in [3.05, 3.63) is 59.0 Å². The van der Waals surface area contributed by atoms with Crippen LogP contribution in [0.4, 0.5) is 0 Å². The largest absolute Gasteiger partial charge is 0.0755 e. The predicted octanol–water partition coefficient (Wildman–Crippen LogP) is 3.59. The van der Waals surface area contributed by atoms with Crippen molar-refractivity contribution in [3.8, 4) is 0 Å². The first-order valence-corrected chi connectivity index (χ1v) is 6.95. The summed E-state index contributed by atoms with van der Waals surface area (Å²) in [7, 11) is 0. The molecule has 0 saturated heterocycles. The Bertz CT molecular complexity index is 900. The van der Waals surface area contributed by atoms with E-state index in [1.54, 1.807) is 0 Å². The van der Waals surface area contributed by atoms with Crippen molar-refractivity contribution < 1.29 is 0 Å². The lowest BCUT2D eigenvalue weighted by Crippen LogP contribution is -2.29. The van der Waals surface area contributed by atoms with Gasteiger partial charge in [0.05, 0.1) is 0 Å². The second kappa shape index (κ2) is 3.96. The third-order valence-corrected chi connectivity index (χ3v) is 4.12. The summed E-state index contributed by atoms with van der Waals surface area (Å²) in [5.41, 5.74) is 0. The summed E-state index contributed by atoms with van der Waals surface area (Å²) < 4.78 is 0. The molecular formula is C19H16. The van der Waals surface area contributed by atoms with Crippen LogP contribution < -0.4 is 10.4 Å². The standard InChI is InChI=1S/C19H16/c1-13-6-9-18-16(10-13)7-8-17-11-14-4-2-3-5-15(14)12-19(17)18/h2-5,7-13H,6H2,1H3/t13-/m1/s1. The summed E-state index contributed by atoms with van der Waals surface area (Å²) in [5.74, 6) is 0.658. The molecule has 0 amide bonds. The Morgan fingerprint density at radius 1 is 0.895 bits per heavy atom. The molecule has 0 bridgehead atoms. The van der Waals surface area contributed by atoms with E-state index in [2.05, 4.69) is 67.6 Å². The average molecular weight is 244 g/mol. The molecule has 19 heavy (non-hydrogen) atoms. The van der Waals surface area contributed by atoms with Crippen LogP contribution in [0.15, 0.2) is 48.5 Å². The maximum Gasteiger partial charge on any atom is -0.0102 e. The van der Waals surface area contributed by atoms with Crippen LogP contribution in [0.2, 0.25) is 0 Å². The molecule has 0 radical (unpaired) electrons. The second-order valence-electron chi connectivity index (χ2n) is 5.57. The SMILES string of the molecule is C[C@H]1C=c2ccc3cc4ccccc4cc3c2=CC1. The van der Waals surface area contributed by atoms with Crippen LogP contribution in [-0.2, 0) is 0 Å². The van der Waals surface area contributed by atoms with Crippen LogP contribution >= 0.6 is 0 Å². The van der Waals surface area contributed by atoms with Gasteiger partial charge in [-0.05, 0) is 56.5 Å². The first-order chi connectivity index (χ1) is 9.31. The molecule has 1 aliphatic carbocycles. The van der Waals surface area contributed by atoms with Crippen molar-refractivity contribution in [2.75, 3.05) is 0 Å². The van der Waals surface area contributed by atoms with Gasteiger partial charge in [0.2, 0.25) is 0 Å². The van der Waals surface area contributed by atoms with Gasteiger partial charge in [0.15, 0.2) is 0 Å². The maximum absolute atomic E-state index is 2.40. The molecule has 0 saturated carbocycles.